The summed E-state index contributed by atoms with van der Waals surface area (Å²) in [6.07, 6.45) is 1.90. The van der Waals surface area contributed by atoms with E-state index in [1.807, 2.05) is 0 Å². The average Bonchev–Trinajstić information content (AvgIpc) is 3.15. The molecule has 2 atom stereocenters. The van der Waals surface area contributed by atoms with Gasteiger partial charge in [-0.15, -0.1) is 0 Å². The van der Waals surface area contributed by atoms with Gasteiger partial charge in [-0.25, -0.2) is 4.79 Å². The van der Waals surface area contributed by atoms with Gasteiger partial charge in [-0.2, -0.15) is 0 Å². The van der Waals surface area contributed by atoms with Gasteiger partial charge in [0.25, 0.3) is 0 Å². The second-order valence-electron chi connectivity index (χ2n) is 4.11. The Morgan fingerprint density at radius 3 is 2.82 bits per heavy atom. The van der Waals surface area contributed by atoms with Gasteiger partial charge in [-0.3, -0.25) is 0 Å². The lowest BCUT2D eigenvalue weighted by Gasteiger charge is -2.14. The maximum absolute atomic E-state index is 11.4. The van der Waals surface area contributed by atoms with Crippen LogP contribution in [-0.2, 0) is 19.0 Å². The minimum atomic E-state index is -0.350. The summed E-state index contributed by atoms with van der Waals surface area (Å²) in [6.45, 7) is 5.24. The van der Waals surface area contributed by atoms with Gasteiger partial charge in [0, 0.05) is 11.5 Å². The van der Waals surface area contributed by atoms with Crippen molar-refractivity contribution in [1.29, 1.82) is 0 Å². The number of hydrogen-bond acceptors (Lipinski definition) is 5. The van der Waals surface area contributed by atoms with Crippen LogP contribution in [0.2, 0.25) is 0 Å². The third kappa shape index (κ3) is 5.81. The van der Waals surface area contributed by atoms with E-state index in [2.05, 4.69) is 0 Å². The van der Waals surface area contributed by atoms with Crippen LogP contribution in [0, 0.1) is 5.92 Å². The topological polar surface area (TPSA) is 68.3 Å². The summed E-state index contributed by atoms with van der Waals surface area (Å²) in [4.78, 5) is 11.4. The van der Waals surface area contributed by atoms with Crippen LogP contribution in [0.1, 0.15) is 13.8 Å². The molecule has 0 saturated carbocycles. The Morgan fingerprint density at radius 2 is 2.29 bits per heavy atom. The molecule has 1 fully saturated rings. The molecule has 0 aromatic carbocycles. The molecule has 1 N–H and O–H groups in total. The van der Waals surface area contributed by atoms with Gasteiger partial charge in [-0.05, 0) is 13.8 Å². The molecule has 98 valence electrons. The largest absolute Gasteiger partial charge is 0.462 e. The maximum atomic E-state index is 11.4. The highest BCUT2D eigenvalue weighted by Crippen LogP contribution is 2.09. The minimum Gasteiger partial charge on any atom is -0.462 e. The summed E-state index contributed by atoms with van der Waals surface area (Å²) in [5, 5.41) is 9.10. The van der Waals surface area contributed by atoms with Gasteiger partial charge < -0.3 is 19.3 Å². The van der Waals surface area contributed by atoms with Gasteiger partial charge >= 0.3 is 5.97 Å². The minimum absolute atomic E-state index is 0.0618. The molecule has 2 unspecified atom stereocenters. The van der Waals surface area contributed by atoms with Gasteiger partial charge in [0.05, 0.1) is 33.0 Å². The van der Waals surface area contributed by atoms with Crippen LogP contribution < -0.4 is 0 Å². The molecule has 1 aliphatic heterocycles. The SMILES string of the molecule is CC=C(C)C(=O)OCC(CO)COCC1CO1. The van der Waals surface area contributed by atoms with E-state index in [9.17, 15) is 4.79 Å². The molecule has 0 radical (unpaired) electrons. The highest BCUT2D eigenvalue weighted by molar-refractivity contribution is 5.87. The maximum Gasteiger partial charge on any atom is 0.333 e. The number of carbonyl (C=O) groups is 1. The lowest BCUT2D eigenvalue weighted by Crippen LogP contribution is -2.23. The summed E-state index contributed by atoms with van der Waals surface area (Å²) in [5.41, 5.74) is 0.564. The Balaban J connectivity index is 2.14. The van der Waals surface area contributed by atoms with Gasteiger partial charge in [-0.1, -0.05) is 6.08 Å². The van der Waals surface area contributed by atoms with E-state index >= 15 is 0 Å². The Kier molecular flexibility index (Phi) is 6.18. The number of rotatable bonds is 8. The molecule has 5 nitrogen and oxygen atoms in total. The fourth-order valence-electron chi connectivity index (χ4n) is 1.11. The smallest absolute Gasteiger partial charge is 0.333 e. The Hall–Kier alpha value is -0.910. The predicted octanol–water partition coefficient (Wildman–Crippen LogP) is 0.520. The molecule has 1 aliphatic rings. The fourth-order valence-corrected chi connectivity index (χ4v) is 1.11. The van der Waals surface area contributed by atoms with Crippen molar-refractivity contribution in [2.75, 3.05) is 33.0 Å². The Bertz CT molecular complexity index is 270. The Morgan fingerprint density at radius 1 is 1.59 bits per heavy atom. The molecule has 1 saturated heterocycles. The lowest BCUT2D eigenvalue weighted by atomic mass is 10.2. The number of esters is 1. The van der Waals surface area contributed by atoms with Crippen LogP contribution in [-0.4, -0.2) is 50.2 Å². The monoisotopic (exact) mass is 244 g/mol. The number of epoxide rings is 1. The average molecular weight is 244 g/mol. The van der Waals surface area contributed by atoms with Crippen molar-refractivity contribution >= 4 is 5.97 Å². The van der Waals surface area contributed by atoms with Crippen molar-refractivity contribution in [3.8, 4) is 0 Å². The number of allylic oxidation sites excluding steroid dienone is 1. The zero-order valence-electron chi connectivity index (χ0n) is 10.3. The second-order valence-corrected chi connectivity index (χ2v) is 4.11. The van der Waals surface area contributed by atoms with E-state index in [-0.39, 0.29) is 31.2 Å². The number of ether oxygens (including phenoxy) is 3. The van der Waals surface area contributed by atoms with Crippen molar-refractivity contribution in [2.45, 2.75) is 20.0 Å². The molecule has 0 aliphatic carbocycles. The number of aliphatic hydroxyl groups is 1. The molecule has 0 aromatic rings. The van der Waals surface area contributed by atoms with E-state index in [0.29, 0.717) is 18.8 Å². The lowest BCUT2D eigenvalue weighted by molar-refractivity contribution is -0.141. The molecule has 1 heterocycles. The van der Waals surface area contributed by atoms with Crippen molar-refractivity contribution in [3.05, 3.63) is 11.6 Å². The quantitative estimate of drug-likeness (QED) is 0.383. The van der Waals surface area contributed by atoms with Crippen molar-refractivity contribution in [1.82, 2.24) is 0 Å². The van der Waals surface area contributed by atoms with E-state index in [1.165, 1.54) is 0 Å². The first kappa shape index (κ1) is 14.2. The predicted molar refractivity (Wildman–Crippen MR) is 61.5 cm³/mol. The second kappa shape index (κ2) is 7.42. The third-order valence-corrected chi connectivity index (χ3v) is 2.52. The molecule has 5 heteroatoms. The fraction of sp³-hybridized carbons (Fsp3) is 0.750. The molecular weight excluding hydrogens is 224 g/mol. The molecule has 0 amide bonds. The van der Waals surface area contributed by atoms with Gasteiger partial charge in [0.2, 0.25) is 0 Å². The standard InChI is InChI=1S/C12H20O5/c1-3-9(2)12(14)17-6-10(4-13)5-15-7-11-8-16-11/h3,10-11,13H,4-8H2,1-2H3. The Labute approximate surface area is 101 Å². The van der Waals surface area contributed by atoms with Crippen LogP contribution in [0.5, 0.6) is 0 Å². The highest BCUT2D eigenvalue weighted by Gasteiger charge is 2.23. The van der Waals surface area contributed by atoms with E-state index in [4.69, 9.17) is 19.3 Å². The van der Waals surface area contributed by atoms with Crippen molar-refractivity contribution < 1.29 is 24.1 Å². The highest BCUT2D eigenvalue weighted by atomic mass is 16.6. The van der Waals surface area contributed by atoms with Crippen LogP contribution in [0.3, 0.4) is 0 Å². The van der Waals surface area contributed by atoms with Crippen LogP contribution in [0.4, 0.5) is 0 Å². The number of hydrogen-bond donors (Lipinski definition) is 1. The molecular formula is C12H20O5. The van der Waals surface area contributed by atoms with Gasteiger partial charge in [0.15, 0.2) is 0 Å². The molecule has 17 heavy (non-hydrogen) atoms. The summed E-state index contributed by atoms with van der Waals surface area (Å²) in [7, 11) is 0. The molecule has 1 rings (SSSR count). The summed E-state index contributed by atoms with van der Waals surface area (Å²) < 4.78 is 15.4. The first-order valence-electron chi connectivity index (χ1n) is 5.77. The van der Waals surface area contributed by atoms with Crippen molar-refractivity contribution in [3.63, 3.8) is 0 Å². The zero-order valence-corrected chi connectivity index (χ0v) is 10.3. The summed E-state index contributed by atoms with van der Waals surface area (Å²) >= 11 is 0. The summed E-state index contributed by atoms with van der Waals surface area (Å²) in [5.74, 6) is -0.529. The van der Waals surface area contributed by atoms with E-state index in [1.54, 1.807) is 19.9 Å². The van der Waals surface area contributed by atoms with E-state index < -0.39 is 0 Å². The normalized spacial score (nSPS) is 21.1. The first-order valence-corrected chi connectivity index (χ1v) is 5.77. The summed E-state index contributed by atoms with van der Waals surface area (Å²) in [6, 6.07) is 0. The molecule has 0 spiro atoms. The van der Waals surface area contributed by atoms with Crippen LogP contribution in [0.15, 0.2) is 11.6 Å². The molecule has 0 bridgehead atoms. The van der Waals surface area contributed by atoms with Crippen LogP contribution in [0.25, 0.3) is 0 Å². The molecule has 0 aromatic heterocycles. The van der Waals surface area contributed by atoms with Crippen LogP contribution >= 0.6 is 0 Å². The van der Waals surface area contributed by atoms with Gasteiger partial charge in [0.1, 0.15) is 6.10 Å². The zero-order chi connectivity index (χ0) is 12.7. The number of aliphatic hydroxyl groups excluding tert-OH is 1. The van der Waals surface area contributed by atoms with Crippen molar-refractivity contribution in [2.24, 2.45) is 5.92 Å². The first-order chi connectivity index (χ1) is 8.17. The third-order valence-electron chi connectivity index (χ3n) is 2.52. The number of carbonyl (C=O) groups excluding carboxylic acids is 1. The van der Waals surface area contributed by atoms with E-state index in [0.717, 1.165) is 6.61 Å².